The Kier molecular flexibility index (Phi) is 5.30. The van der Waals surface area contributed by atoms with Crippen LogP contribution in [-0.4, -0.2) is 10.5 Å². The second-order valence-corrected chi connectivity index (χ2v) is 6.36. The smallest absolute Gasteiger partial charge is 0.307 e. The van der Waals surface area contributed by atoms with Crippen molar-refractivity contribution >= 4 is 22.9 Å². The lowest BCUT2D eigenvalue weighted by atomic mass is 10.2. The maximum Gasteiger partial charge on any atom is 0.307 e. The first-order valence-corrected chi connectivity index (χ1v) is 8.77. The molecule has 0 fully saturated rings. The number of carbonyl (C=O) groups excluding carboxylic acids is 1. The van der Waals surface area contributed by atoms with Crippen molar-refractivity contribution in [3.05, 3.63) is 75.3 Å². The number of nitrogens with zero attached hydrogens (tertiary/aromatic N) is 1. The summed E-state index contributed by atoms with van der Waals surface area (Å²) >= 11 is 1.15. The van der Waals surface area contributed by atoms with E-state index in [-0.39, 0.29) is 17.2 Å². The zero-order chi connectivity index (χ0) is 17.6. The van der Waals surface area contributed by atoms with E-state index in [9.17, 15) is 9.59 Å². The van der Waals surface area contributed by atoms with E-state index in [1.54, 1.807) is 22.1 Å². The molecule has 6 heteroatoms. The van der Waals surface area contributed by atoms with Crippen molar-refractivity contribution in [2.75, 3.05) is 5.32 Å². The maximum absolute atomic E-state index is 12.1. The van der Waals surface area contributed by atoms with Gasteiger partial charge in [-0.15, -0.1) is 0 Å². The first kappa shape index (κ1) is 17.0. The zero-order valence-electron chi connectivity index (χ0n) is 13.8. The van der Waals surface area contributed by atoms with Crippen LogP contribution in [0.3, 0.4) is 0 Å². The highest BCUT2D eigenvalue weighted by molar-refractivity contribution is 7.07. The number of rotatable bonds is 6. The predicted molar refractivity (Wildman–Crippen MR) is 99.5 cm³/mol. The van der Waals surface area contributed by atoms with Crippen LogP contribution < -0.4 is 14.9 Å². The van der Waals surface area contributed by atoms with Crippen LogP contribution in [0, 0.1) is 6.92 Å². The van der Waals surface area contributed by atoms with Crippen molar-refractivity contribution in [2.24, 2.45) is 0 Å². The molecule has 0 saturated heterocycles. The van der Waals surface area contributed by atoms with Gasteiger partial charge < -0.3 is 14.6 Å². The van der Waals surface area contributed by atoms with Crippen LogP contribution in [0.4, 0.5) is 5.69 Å². The molecule has 2 aromatic carbocycles. The molecule has 0 aliphatic rings. The van der Waals surface area contributed by atoms with Crippen molar-refractivity contribution in [3.8, 4) is 11.5 Å². The third-order valence-electron chi connectivity index (χ3n) is 3.64. The quantitative estimate of drug-likeness (QED) is 0.727. The van der Waals surface area contributed by atoms with Crippen LogP contribution in [0.15, 0.2) is 64.8 Å². The molecule has 25 heavy (non-hydrogen) atoms. The monoisotopic (exact) mass is 354 g/mol. The largest absolute Gasteiger partial charge is 0.457 e. The van der Waals surface area contributed by atoms with Gasteiger partial charge in [-0.3, -0.25) is 9.59 Å². The van der Waals surface area contributed by atoms with Gasteiger partial charge in [0, 0.05) is 35.8 Å². The molecular weight excluding hydrogens is 336 g/mol. The SMILES string of the molecule is Cc1csc(=O)n1CCC(=O)Nc1cccc(Oc2ccccc2)c1. The number of nitrogens with one attached hydrogen (secondary N) is 1. The fraction of sp³-hybridized carbons (Fsp3) is 0.158. The summed E-state index contributed by atoms with van der Waals surface area (Å²) in [5, 5.41) is 4.63. The van der Waals surface area contributed by atoms with Gasteiger partial charge in [0.25, 0.3) is 0 Å². The Morgan fingerprint density at radius 1 is 1.12 bits per heavy atom. The van der Waals surface area contributed by atoms with E-state index in [1.165, 1.54) is 0 Å². The third kappa shape index (κ3) is 4.58. The number of thiazole rings is 1. The normalized spacial score (nSPS) is 10.4. The fourth-order valence-electron chi connectivity index (χ4n) is 2.37. The topological polar surface area (TPSA) is 60.3 Å². The van der Waals surface area contributed by atoms with Crippen LogP contribution in [0.2, 0.25) is 0 Å². The number of para-hydroxylation sites is 1. The lowest BCUT2D eigenvalue weighted by Crippen LogP contribution is -2.20. The summed E-state index contributed by atoms with van der Waals surface area (Å²) in [5.74, 6) is 1.24. The standard InChI is InChI=1S/C19H18N2O3S/c1-14-13-25-19(23)21(14)11-10-18(22)20-15-6-5-9-17(12-15)24-16-7-3-2-4-8-16/h2-9,12-13H,10-11H2,1H3,(H,20,22). The predicted octanol–water partition coefficient (Wildman–Crippen LogP) is 4.04. The Balaban J connectivity index is 1.60. The molecule has 0 radical (unpaired) electrons. The average Bonchev–Trinajstić information content (AvgIpc) is 2.92. The highest BCUT2D eigenvalue weighted by Gasteiger charge is 2.07. The Morgan fingerprint density at radius 3 is 2.60 bits per heavy atom. The molecule has 3 aromatic rings. The molecule has 1 N–H and O–H groups in total. The molecular formula is C19H18N2O3S. The lowest BCUT2D eigenvalue weighted by Gasteiger charge is -2.09. The van der Waals surface area contributed by atoms with Gasteiger partial charge in [0.15, 0.2) is 0 Å². The van der Waals surface area contributed by atoms with Crippen LogP contribution in [0.25, 0.3) is 0 Å². The molecule has 5 nitrogen and oxygen atoms in total. The first-order valence-electron chi connectivity index (χ1n) is 7.89. The number of ether oxygens (including phenoxy) is 1. The van der Waals surface area contributed by atoms with Crippen LogP contribution in [0.5, 0.6) is 11.5 Å². The summed E-state index contributed by atoms with van der Waals surface area (Å²) in [4.78, 5) is 23.8. The van der Waals surface area contributed by atoms with Gasteiger partial charge in [-0.1, -0.05) is 35.6 Å². The van der Waals surface area contributed by atoms with Crippen molar-refractivity contribution in [3.63, 3.8) is 0 Å². The van der Waals surface area contributed by atoms with Gasteiger partial charge in [-0.2, -0.15) is 0 Å². The van der Waals surface area contributed by atoms with E-state index in [0.29, 0.717) is 18.0 Å². The molecule has 1 aromatic heterocycles. The minimum absolute atomic E-state index is 0.0384. The second-order valence-electron chi connectivity index (χ2n) is 5.54. The molecule has 0 saturated carbocycles. The van der Waals surface area contributed by atoms with Gasteiger partial charge in [0.2, 0.25) is 5.91 Å². The zero-order valence-corrected chi connectivity index (χ0v) is 14.6. The summed E-state index contributed by atoms with van der Waals surface area (Å²) in [6, 6.07) is 16.7. The number of anilines is 1. The maximum atomic E-state index is 12.1. The van der Waals surface area contributed by atoms with E-state index in [1.807, 2.05) is 49.4 Å². The molecule has 0 aliphatic heterocycles. The van der Waals surface area contributed by atoms with Crippen molar-refractivity contribution < 1.29 is 9.53 Å². The van der Waals surface area contributed by atoms with E-state index in [2.05, 4.69) is 5.32 Å². The van der Waals surface area contributed by atoms with Gasteiger partial charge in [0.05, 0.1) is 0 Å². The van der Waals surface area contributed by atoms with Gasteiger partial charge in [0.1, 0.15) is 11.5 Å². The highest BCUT2D eigenvalue weighted by atomic mass is 32.1. The molecule has 1 amide bonds. The van der Waals surface area contributed by atoms with E-state index < -0.39 is 0 Å². The molecule has 0 bridgehead atoms. The van der Waals surface area contributed by atoms with Gasteiger partial charge in [-0.05, 0) is 31.2 Å². The molecule has 3 rings (SSSR count). The van der Waals surface area contributed by atoms with Crippen molar-refractivity contribution in [1.82, 2.24) is 4.57 Å². The van der Waals surface area contributed by atoms with Gasteiger partial charge >= 0.3 is 4.87 Å². The van der Waals surface area contributed by atoms with Crippen LogP contribution in [-0.2, 0) is 11.3 Å². The first-order chi connectivity index (χ1) is 12.1. The number of hydrogen-bond donors (Lipinski definition) is 1. The molecule has 0 unspecified atom stereocenters. The van der Waals surface area contributed by atoms with E-state index in [0.717, 1.165) is 22.8 Å². The molecule has 0 aliphatic carbocycles. The summed E-state index contributed by atoms with van der Waals surface area (Å²) in [5.41, 5.74) is 1.54. The number of aryl methyl sites for hydroxylation is 1. The van der Waals surface area contributed by atoms with Crippen LogP contribution in [0.1, 0.15) is 12.1 Å². The highest BCUT2D eigenvalue weighted by Crippen LogP contribution is 2.23. The Morgan fingerprint density at radius 2 is 1.88 bits per heavy atom. The van der Waals surface area contributed by atoms with Crippen LogP contribution >= 0.6 is 11.3 Å². The van der Waals surface area contributed by atoms with Crippen molar-refractivity contribution in [2.45, 2.75) is 19.9 Å². The molecule has 0 atom stereocenters. The summed E-state index contributed by atoms with van der Waals surface area (Å²) in [6.45, 7) is 2.24. The second kappa shape index (κ2) is 7.81. The van der Waals surface area contributed by atoms with E-state index >= 15 is 0 Å². The average molecular weight is 354 g/mol. The number of hydrogen-bond acceptors (Lipinski definition) is 4. The molecule has 0 spiro atoms. The summed E-state index contributed by atoms with van der Waals surface area (Å²) in [6.07, 6.45) is 0.237. The number of carbonyl (C=O) groups is 1. The minimum atomic E-state index is -0.144. The number of aromatic nitrogens is 1. The molecule has 1 heterocycles. The summed E-state index contributed by atoms with van der Waals surface area (Å²) in [7, 11) is 0. The number of amides is 1. The fourth-order valence-corrected chi connectivity index (χ4v) is 3.13. The number of benzene rings is 2. The minimum Gasteiger partial charge on any atom is -0.457 e. The Labute approximate surface area is 149 Å². The van der Waals surface area contributed by atoms with Crippen molar-refractivity contribution in [1.29, 1.82) is 0 Å². The lowest BCUT2D eigenvalue weighted by molar-refractivity contribution is -0.116. The van der Waals surface area contributed by atoms with Gasteiger partial charge in [-0.25, -0.2) is 0 Å². The Hall–Kier alpha value is -2.86. The third-order valence-corrected chi connectivity index (χ3v) is 4.52. The molecule has 128 valence electrons. The summed E-state index contributed by atoms with van der Waals surface area (Å²) < 4.78 is 7.37. The Bertz CT molecular complexity index is 916. The van der Waals surface area contributed by atoms with E-state index in [4.69, 9.17) is 4.74 Å².